The summed E-state index contributed by atoms with van der Waals surface area (Å²) in [5.41, 5.74) is 0.975. The van der Waals surface area contributed by atoms with Gasteiger partial charge in [-0.1, -0.05) is 25.5 Å². The second-order valence-electron chi connectivity index (χ2n) is 6.81. The summed E-state index contributed by atoms with van der Waals surface area (Å²) < 4.78 is 6.07. The summed E-state index contributed by atoms with van der Waals surface area (Å²) in [4.78, 5) is 11.4. The van der Waals surface area contributed by atoms with Crippen LogP contribution >= 0.6 is 0 Å². The summed E-state index contributed by atoms with van der Waals surface area (Å²) in [6.07, 6.45) is 9.70. The van der Waals surface area contributed by atoms with E-state index >= 15 is 0 Å². The molecule has 3 fully saturated rings. The molecule has 7 atom stereocenters. The molecule has 4 aliphatic carbocycles. The van der Waals surface area contributed by atoms with Crippen molar-refractivity contribution in [2.24, 2.45) is 35.5 Å². The minimum atomic E-state index is 0.100. The van der Waals surface area contributed by atoms with Gasteiger partial charge in [-0.15, -0.1) is 0 Å². The lowest BCUT2D eigenvalue weighted by Gasteiger charge is -2.36. The van der Waals surface area contributed by atoms with Crippen LogP contribution in [0.3, 0.4) is 0 Å². The van der Waals surface area contributed by atoms with Crippen LogP contribution in [0.25, 0.3) is 0 Å². The van der Waals surface area contributed by atoms with E-state index in [1.807, 2.05) is 0 Å². The summed E-state index contributed by atoms with van der Waals surface area (Å²) in [6.45, 7) is 2.98. The van der Waals surface area contributed by atoms with Crippen LogP contribution in [-0.2, 0) is 9.53 Å². The third-order valence-corrected chi connectivity index (χ3v) is 6.08. The topological polar surface area (TPSA) is 26.3 Å². The molecule has 4 rings (SSSR count). The molecule has 0 aliphatic heterocycles. The summed E-state index contributed by atoms with van der Waals surface area (Å²) in [5.74, 6) is 6.40. The van der Waals surface area contributed by atoms with E-state index in [9.17, 15) is 4.79 Å². The maximum absolute atomic E-state index is 11.4. The molecule has 0 radical (unpaired) electrons. The zero-order valence-corrected chi connectivity index (χ0v) is 11.5. The molecule has 0 heterocycles. The van der Waals surface area contributed by atoms with Crippen molar-refractivity contribution in [1.82, 2.24) is 0 Å². The zero-order valence-electron chi connectivity index (χ0n) is 11.5. The fourth-order valence-electron chi connectivity index (χ4n) is 5.48. The van der Waals surface area contributed by atoms with Crippen LogP contribution in [0.2, 0.25) is 0 Å². The molecule has 4 bridgehead atoms. The molecule has 2 nitrogen and oxygen atoms in total. The van der Waals surface area contributed by atoms with E-state index in [2.05, 4.69) is 25.0 Å². The van der Waals surface area contributed by atoms with Crippen LogP contribution < -0.4 is 0 Å². The number of allylic oxidation sites excluding steroid dienone is 2. The summed E-state index contributed by atoms with van der Waals surface area (Å²) in [7, 11) is 0. The van der Waals surface area contributed by atoms with E-state index in [4.69, 9.17) is 4.74 Å². The average molecular weight is 258 g/mol. The van der Waals surface area contributed by atoms with Crippen LogP contribution in [0, 0.1) is 35.5 Å². The van der Waals surface area contributed by atoms with Gasteiger partial charge in [-0.05, 0) is 54.8 Å². The van der Waals surface area contributed by atoms with Crippen molar-refractivity contribution in [3.63, 3.8) is 0 Å². The first-order chi connectivity index (χ1) is 9.35. The predicted octanol–water partition coefficient (Wildman–Crippen LogP) is 3.02. The van der Waals surface area contributed by atoms with Crippen molar-refractivity contribution in [3.8, 4) is 0 Å². The number of ether oxygens (including phenoxy) is 1. The van der Waals surface area contributed by atoms with Crippen LogP contribution in [-0.4, -0.2) is 18.7 Å². The number of unbranched alkanes of at least 4 members (excludes halogenated alkanes) is 1. The third kappa shape index (κ3) is 1.50. The Balaban J connectivity index is 1.59. The van der Waals surface area contributed by atoms with Crippen molar-refractivity contribution >= 4 is 5.94 Å². The lowest BCUT2D eigenvalue weighted by atomic mass is 9.71. The largest absolute Gasteiger partial charge is 0.373 e. The predicted molar refractivity (Wildman–Crippen MR) is 73.2 cm³/mol. The van der Waals surface area contributed by atoms with Gasteiger partial charge in [0, 0.05) is 12.2 Å². The SMILES string of the molecule is CCCCOC1C(=C=O)C2CC1C1C3C=CC(C3)C21. The quantitative estimate of drug-likeness (QED) is 0.335. The van der Waals surface area contributed by atoms with Gasteiger partial charge in [-0.2, -0.15) is 0 Å². The number of rotatable bonds is 4. The third-order valence-electron chi connectivity index (χ3n) is 6.08. The molecule has 3 saturated carbocycles. The molecule has 7 unspecified atom stereocenters. The molecule has 102 valence electrons. The Morgan fingerprint density at radius 1 is 1.26 bits per heavy atom. The van der Waals surface area contributed by atoms with Gasteiger partial charge in [0.15, 0.2) is 0 Å². The standard InChI is InChI=1S/C17H22O2/c1-2-3-6-19-17-13-8-12(14(17)9-18)15-10-4-5-11(7-10)16(13)15/h4-5,10-13,15-17H,2-3,6-8H2,1H3. The van der Waals surface area contributed by atoms with Gasteiger partial charge in [0.2, 0.25) is 0 Å². The van der Waals surface area contributed by atoms with E-state index in [0.717, 1.165) is 48.7 Å². The van der Waals surface area contributed by atoms with Gasteiger partial charge in [0.05, 0.1) is 6.10 Å². The average Bonchev–Trinajstić information content (AvgIpc) is 3.16. The highest BCUT2D eigenvalue weighted by Gasteiger charge is 2.63. The first-order valence-electron chi connectivity index (χ1n) is 7.90. The molecule has 0 aromatic rings. The smallest absolute Gasteiger partial charge is 0.126 e. The summed E-state index contributed by atoms with van der Waals surface area (Å²) >= 11 is 0. The molecule has 0 amide bonds. The number of hydrogen-bond acceptors (Lipinski definition) is 2. The van der Waals surface area contributed by atoms with E-state index in [1.54, 1.807) is 0 Å². The van der Waals surface area contributed by atoms with E-state index in [-0.39, 0.29) is 6.10 Å². The normalized spacial score (nSPS) is 48.9. The van der Waals surface area contributed by atoms with Crippen LogP contribution in [0.5, 0.6) is 0 Å². The molecule has 0 aromatic heterocycles. The monoisotopic (exact) mass is 258 g/mol. The fraction of sp³-hybridized carbons (Fsp3) is 0.765. The minimum absolute atomic E-state index is 0.100. The molecular formula is C17H22O2. The maximum Gasteiger partial charge on any atom is 0.126 e. The Morgan fingerprint density at radius 2 is 2.05 bits per heavy atom. The van der Waals surface area contributed by atoms with Crippen molar-refractivity contribution in [1.29, 1.82) is 0 Å². The highest BCUT2D eigenvalue weighted by Crippen LogP contribution is 2.66. The van der Waals surface area contributed by atoms with Gasteiger partial charge in [-0.3, -0.25) is 0 Å². The van der Waals surface area contributed by atoms with Gasteiger partial charge >= 0.3 is 0 Å². The van der Waals surface area contributed by atoms with Gasteiger partial charge in [-0.25, -0.2) is 4.79 Å². The Morgan fingerprint density at radius 3 is 2.79 bits per heavy atom. The van der Waals surface area contributed by atoms with Gasteiger partial charge in [0.25, 0.3) is 0 Å². The lowest BCUT2D eigenvalue weighted by molar-refractivity contribution is 0.0123. The molecule has 19 heavy (non-hydrogen) atoms. The fourth-order valence-corrected chi connectivity index (χ4v) is 5.48. The Bertz CT molecular complexity index is 460. The van der Waals surface area contributed by atoms with Gasteiger partial charge < -0.3 is 4.74 Å². The van der Waals surface area contributed by atoms with Crippen molar-refractivity contribution in [3.05, 3.63) is 17.7 Å². The molecule has 0 N–H and O–H groups in total. The Hall–Kier alpha value is -0.850. The molecular weight excluding hydrogens is 236 g/mol. The van der Waals surface area contributed by atoms with Crippen molar-refractivity contribution in [2.45, 2.75) is 38.7 Å². The van der Waals surface area contributed by atoms with E-state index in [1.165, 1.54) is 12.8 Å². The summed E-state index contributed by atoms with van der Waals surface area (Å²) in [5, 5.41) is 0. The Labute approximate surface area is 114 Å². The number of carbonyl (C=O) groups excluding carboxylic acids is 1. The van der Waals surface area contributed by atoms with Crippen LogP contribution in [0.1, 0.15) is 32.6 Å². The van der Waals surface area contributed by atoms with Crippen molar-refractivity contribution in [2.75, 3.05) is 6.61 Å². The molecule has 4 aliphatic rings. The second kappa shape index (κ2) is 4.33. The maximum atomic E-state index is 11.4. The molecule has 0 aromatic carbocycles. The lowest BCUT2D eigenvalue weighted by Crippen LogP contribution is -2.37. The summed E-state index contributed by atoms with van der Waals surface area (Å²) in [6, 6.07) is 0. The minimum Gasteiger partial charge on any atom is -0.373 e. The second-order valence-corrected chi connectivity index (χ2v) is 6.81. The first-order valence-corrected chi connectivity index (χ1v) is 7.90. The van der Waals surface area contributed by atoms with Crippen LogP contribution in [0.15, 0.2) is 17.7 Å². The molecule has 0 spiro atoms. The molecule has 2 heteroatoms. The van der Waals surface area contributed by atoms with Crippen molar-refractivity contribution < 1.29 is 9.53 Å². The molecule has 0 saturated heterocycles. The first kappa shape index (κ1) is 11.9. The highest BCUT2D eigenvalue weighted by molar-refractivity contribution is 5.58. The Kier molecular flexibility index (Phi) is 2.72. The number of hydrogen-bond donors (Lipinski definition) is 0. The van der Waals surface area contributed by atoms with Gasteiger partial charge in [0.1, 0.15) is 5.94 Å². The van der Waals surface area contributed by atoms with E-state index < -0.39 is 0 Å². The zero-order chi connectivity index (χ0) is 13.0. The van der Waals surface area contributed by atoms with Crippen LogP contribution in [0.4, 0.5) is 0 Å². The highest BCUT2D eigenvalue weighted by atomic mass is 16.5. The number of fused-ring (bicyclic) bond motifs is 9. The van der Waals surface area contributed by atoms with E-state index in [0.29, 0.717) is 11.8 Å².